The molecular formula is C14H19BNO8. The van der Waals surface area contributed by atoms with E-state index in [0.717, 1.165) is 14.2 Å². The van der Waals surface area contributed by atoms with Crippen LogP contribution in [0.4, 0.5) is 0 Å². The van der Waals surface area contributed by atoms with Crippen LogP contribution in [-0.4, -0.2) is 66.8 Å². The fourth-order valence-corrected chi connectivity index (χ4v) is 1.94. The van der Waals surface area contributed by atoms with E-state index in [2.05, 4.69) is 9.47 Å². The molecule has 0 aliphatic carbocycles. The van der Waals surface area contributed by atoms with Gasteiger partial charge >= 0.3 is 11.9 Å². The van der Waals surface area contributed by atoms with E-state index in [9.17, 15) is 14.4 Å². The Morgan fingerprint density at radius 2 is 1.58 bits per heavy atom. The van der Waals surface area contributed by atoms with E-state index in [-0.39, 0.29) is 32.0 Å². The molecule has 1 aromatic heterocycles. The maximum Gasteiger partial charge on any atom is 0.358 e. The average Bonchev–Trinajstić information content (AvgIpc) is 2.58. The van der Waals surface area contributed by atoms with Crippen molar-refractivity contribution in [2.75, 3.05) is 35.5 Å². The molecule has 0 aliphatic rings. The molecule has 0 aliphatic heterocycles. The number of hydrogen-bond acceptors (Lipinski definition) is 8. The predicted octanol–water partition coefficient (Wildman–Crippen LogP) is -0.332. The molecule has 0 unspecified atom stereocenters. The minimum atomic E-state index is -0.857. The molecule has 131 valence electrons. The first kappa shape index (κ1) is 21.7. The van der Waals surface area contributed by atoms with Crippen molar-refractivity contribution in [2.24, 2.45) is 0 Å². The van der Waals surface area contributed by atoms with Gasteiger partial charge in [0, 0.05) is 28.8 Å². The van der Waals surface area contributed by atoms with E-state index in [1.165, 1.54) is 32.1 Å². The normalized spacial score (nSPS) is 10.1. The molecule has 3 radical (unpaired) electrons. The van der Waals surface area contributed by atoms with Crippen molar-refractivity contribution in [3.05, 3.63) is 27.7 Å². The molecule has 1 aromatic rings. The van der Waals surface area contributed by atoms with Gasteiger partial charge in [-0.2, -0.15) is 0 Å². The van der Waals surface area contributed by atoms with Crippen LogP contribution in [0.1, 0.15) is 20.8 Å². The molecule has 24 heavy (non-hydrogen) atoms. The van der Waals surface area contributed by atoms with Crippen LogP contribution >= 0.6 is 0 Å². The molecular weight excluding hydrogens is 321 g/mol. The van der Waals surface area contributed by atoms with Crippen LogP contribution in [0.25, 0.3) is 0 Å². The first-order valence-corrected chi connectivity index (χ1v) is 6.48. The molecule has 0 saturated carbocycles. The fourth-order valence-electron chi connectivity index (χ4n) is 1.94. The lowest BCUT2D eigenvalue weighted by molar-refractivity contribution is -0.111. The predicted molar refractivity (Wildman–Crippen MR) is 83.5 cm³/mol. The van der Waals surface area contributed by atoms with Crippen molar-refractivity contribution in [3.63, 3.8) is 0 Å². The topological polar surface area (TPSA) is 102 Å². The summed E-state index contributed by atoms with van der Waals surface area (Å²) in [5, 5.41) is 0. The zero-order valence-electron chi connectivity index (χ0n) is 14.2. The third-order valence-corrected chi connectivity index (χ3v) is 3.10. The lowest BCUT2D eigenvalue weighted by atomic mass is 10.2. The van der Waals surface area contributed by atoms with Crippen molar-refractivity contribution in [2.45, 2.75) is 12.8 Å². The summed E-state index contributed by atoms with van der Waals surface area (Å²) in [4.78, 5) is 36.1. The van der Waals surface area contributed by atoms with Gasteiger partial charge in [-0.25, -0.2) is 9.59 Å². The maximum absolute atomic E-state index is 12.3. The number of methoxy groups -OCH3 is 5. The summed E-state index contributed by atoms with van der Waals surface area (Å²) in [6.45, 7) is 0.0120. The van der Waals surface area contributed by atoms with Crippen LogP contribution in [0.15, 0.2) is 11.0 Å². The van der Waals surface area contributed by atoms with Gasteiger partial charge in [-0.1, -0.05) is 0 Å². The maximum atomic E-state index is 12.3. The van der Waals surface area contributed by atoms with Crippen LogP contribution in [0, 0.1) is 0 Å². The highest BCUT2D eigenvalue weighted by molar-refractivity contribution is 5.94. The molecule has 0 aromatic carbocycles. The van der Waals surface area contributed by atoms with Crippen molar-refractivity contribution in [1.29, 1.82) is 0 Å². The summed E-state index contributed by atoms with van der Waals surface area (Å²) < 4.78 is 25.7. The smallest absolute Gasteiger partial charge is 0.358 e. The summed E-state index contributed by atoms with van der Waals surface area (Å²) in [5.41, 5.74) is -1.22. The summed E-state index contributed by atoms with van der Waals surface area (Å²) in [6.07, 6.45) is 0.449. The molecule has 0 fully saturated rings. The lowest BCUT2D eigenvalue weighted by Gasteiger charge is -2.20. The number of esters is 2. The Kier molecular flexibility index (Phi) is 8.79. The first-order valence-electron chi connectivity index (χ1n) is 6.48. The van der Waals surface area contributed by atoms with Crippen LogP contribution < -0.4 is 10.2 Å². The summed E-state index contributed by atoms with van der Waals surface area (Å²) in [6, 6.07) is 0. The molecule has 0 saturated heterocycles. The van der Waals surface area contributed by atoms with Crippen LogP contribution in [0.5, 0.6) is 5.75 Å². The second kappa shape index (κ2) is 9.73. The van der Waals surface area contributed by atoms with E-state index >= 15 is 0 Å². The number of rotatable bonds is 7. The second-order valence-electron chi connectivity index (χ2n) is 4.29. The number of pyridine rings is 1. The van der Waals surface area contributed by atoms with Crippen molar-refractivity contribution >= 4 is 20.4 Å². The fraction of sp³-hybridized carbons (Fsp3) is 0.500. The minimum absolute atomic E-state index is 0. The van der Waals surface area contributed by atoms with E-state index in [1.807, 2.05) is 0 Å². The Morgan fingerprint density at radius 3 is 2.00 bits per heavy atom. The summed E-state index contributed by atoms with van der Waals surface area (Å²) in [7, 11) is 6.33. The first-order chi connectivity index (χ1) is 10.9. The van der Waals surface area contributed by atoms with Crippen LogP contribution in [0.2, 0.25) is 0 Å². The lowest BCUT2D eigenvalue weighted by Crippen LogP contribution is -2.30. The van der Waals surface area contributed by atoms with Gasteiger partial charge in [0.05, 0.1) is 27.9 Å². The van der Waals surface area contributed by atoms with E-state index in [4.69, 9.17) is 14.2 Å². The largest absolute Gasteiger partial charge is 0.491 e. The van der Waals surface area contributed by atoms with E-state index in [1.54, 1.807) is 0 Å². The van der Waals surface area contributed by atoms with E-state index in [0.29, 0.717) is 0 Å². The Morgan fingerprint density at radius 1 is 1.04 bits per heavy atom. The Bertz CT molecular complexity index is 638. The van der Waals surface area contributed by atoms with Gasteiger partial charge in [0.1, 0.15) is 5.56 Å². The molecule has 0 amide bonds. The van der Waals surface area contributed by atoms with Gasteiger partial charge in [0.2, 0.25) is 5.43 Å². The van der Waals surface area contributed by atoms with Gasteiger partial charge in [-0.15, -0.1) is 0 Å². The molecule has 0 N–H and O–H groups in total. The average molecular weight is 340 g/mol. The van der Waals surface area contributed by atoms with Gasteiger partial charge in [0.25, 0.3) is 0 Å². The van der Waals surface area contributed by atoms with E-state index < -0.39 is 23.7 Å². The SMILES string of the molecule is COC(=O)c1cn(CC(OC)OC)c(C(=O)OC)c(OC)c1=O.[B]. The van der Waals surface area contributed by atoms with Crippen LogP contribution in [0.3, 0.4) is 0 Å². The highest BCUT2D eigenvalue weighted by atomic mass is 16.7. The Labute approximate surface area is 141 Å². The van der Waals surface area contributed by atoms with Crippen molar-refractivity contribution in [3.8, 4) is 5.75 Å². The molecule has 1 rings (SSSR count). The van der Waals surface area contributed by atoms with Crippen LogP contribution in [-0.2, 0) is 25.5 Å². The summed E-state index contributed by atoms with van der Waals surface area (Å²) in [5.74, 6) is -1.99. The molecule has 10 heteroatoms. The quantitative estimate of drug-likeness (QED) is 0.378. The highest BCUT2D eigenvalue weighted by Crippen LogP contribution is 2.18. The monoisotopic (exact) mass is 340 g/mol. The zero-order chi connectivity index (χ0) is 17.6. The Hall–Kier alpha value is -2.33. The van der Waals surface area contributed by atoms with Gasteiger partial charge in [0.15, 0.2) is 17.7 Å². The van der Waals surface area contributed by atoms with Gasteiger partial charge in [-0.05, 0) is 0 Å². The molecule has 1 heterocycles. The number of nitrogens with zero attached hydrogens (tertiary/aromatic N) is 1. The molecule has 0 bridgehead atoms. The molecule has 0 spiro atoms. The number of hydrogen-bond donors (Lipinski definition) is 0. The molecule has 0 atom stereocenters. The second-order valence-corrected chi connectivity index (χ2v) is 4.29. The third-order valence-electron chi connectivity index (χ3n) is 3.10. The zero-order valence-corrected chi connectivity index (χ0v) is 14.2. The van der Waals surface area contributed by atoms with Crippen molar-refractivity contribution in [1.82, 2.24) is 4.57 Å². The summed E-state index contributed by atoms with van der Waals surface area (Å²) >= 11 is 0. The number of carbonyl (C=O) groups excluding carboxylic acids is 2. The highest BCUT2D eigenvalue weighted by Gasteiger charge is 2.27. The van der Waals surface area contributed by atoms with Gasteiger partial charge < -0.3 is 28.3 Å². The number of ether oxygens (including phenoxy) is 5. The van der Waals surface area contributed by atoms with Gasteiger partial charge in [-0.3, -0.25) is 4.79 Å². The molecule has 9 nitrogen and oxygen atoms in total. The Balaban J connectivity index is 0.00000529. The third kappa shape index (κ3) is 4.36. The minimum Gasteiger partial charge on any atom is -0.491 e. The number of carbonyl (C=O) groups is 2. The van der Waals surface area contributed by atoms with Crippen molar-refractivity contribution < 1.29 is 33.3 Å². The standard InChI is InChI=1S/C14H19NO8.B/c1-19-9(20-2)7-15-6-8(13(17)22-4)11(16)12(21-3)10(15)14(18)23-5;/h6,9H,7H2,1-5H3;. The number of aromatic nitrogens is 1.